The van der Waals surface area contributed by atoms with Gasteiger partial charge in [0.1, 0.15) is 6.61 Å². The Bertz CT molecular complexity index is 538. The second-order valence-corrected chi connectivity index (χ2v) is 6.64. The minimum Gasteiger partial charge on any atom is -0.489 e. The lowest BCUT2D eigenvalue weighted by molar-refractivity contribution is -0.132. The van der Waals surface area contributed by atoms with Crippen LogP contribution in [0.3, 0.4) is 0 Å². The number of amides is 1. The van der Waals surface area contributed by atoms with Gasteiger partial charge in [-0.15, -0.1) is 0 Å². The summed E-state index contributed by atoms with van der Waals surface area (Å²) in [6.07, 6.45) is 5.93. The van der Waals surface area contributed by atoms with Crippen molar-refractivity contribution in [2.24, 2.45) is 5.92 Å². The number of halogens is 1. The van der Waals surface area contributed by atoms with Gasteiger partial charge in [-0.2, -0.15) is 0 Å². The number of nitrogens with zero attached hydrogens (tertiary/aromatic N) is 1. The van der Waals surface area contributed by atoms with Gasteiger partial charge in [0, 0.05) is 13.1 Å². The summed E-state index contributed by atoms with van der Waals surface area (Å²) in [6.45, 7) is 0.753. The number of ether oxygens (including phenoxy) is 1. The van der Waals surface area contributed by atoms with E-state index in [0.29, 0.717) is 25.1 Å². The fourth-order valence-corrected chi connectivity index (χ4v) is 3.74. The first-order valence-electron chi connectivity index (χ1n) is 8.53. The van der Waals surface area contributed by atoms with E-state index in [-0.39, 0.29) is 23.5 Å². The van der Waals surface area contributed by atoms with Crippen molar-refractivity contribution < 1.29 is 13.9 Å². The van der Waals surface area contributed by atoms with Crippen molar-refractivity contribution in [3.05, 3.63) is 30.1 Å². The number of nitrogens with one attached hydrogen (secondary N) is 1. The third-order valence-electron chi connectivity index (χ3n) is 5.06. The summed E-state index contributed by atoms with van der Waals surface area (Å²) >= 11 is 0. The fraction of sp³-hybridized carbons (Fsp3) is 0.611. The average Bonchev–Trinajstić information content (AvgIpc) is 2.99. The molecule has 126 valence electrons. The molecule has 1 aliphatic carbocycles. The molecule has 5 heteroatoms. The Morgan fingerprint density at radius 2 is 2.13 bits per heavy atom. The molecular formula is C18H25FN2O2. The molecule has 4 nitrogen and oxygen atoms in total. The Kier molecular flexibility index (Phi) is 5.16. The largest absolute Gasteiger partial charge is 0.489 e. The summed E-state index contributed by atoms with van der Waals surface area (Å²) in [6, 6.07) is 6.78. The van der Waals surface area contributed by atoms with Gasteiger partial charge in [-0.05, 0) is 37.3 Å². The summed E-state index contributed by atoms with van der Waals surface area (Å²) in [7, 11) is 1.79. The van der Waals surface area contributed by atoms with Gasteiger partial charge >= 0.3 is 0 Å². The molecule has 1 heterocycles. The molecule has 3 rings (SSSR count). The number of hydrogen-bond acceptors (Lipinski definition) is 3. The molecule has 1 aliphatic heterocycles. The molecule has 1 aromatic rings. The standard InChI is InChI=1S/C18H25FN2O2/c1-21(10-11-23-17-9-5-3-7-14(17)19)18(22)16-12-13-6-2-4-8-15(13)20-16/h3,5,7,9,13,15-16,20H,2,4,6,8,10-12H2,1H3. The molecule has 3 unspecified atom stereocenters. The number of likely N-dealkylation sites (N-methyl/N-ethyl adjacent to an activating group) is 1. The average molecular weight is 320 g/mol. The SMILES string of the molecule is CN(CCOc1ccccc1F)C(=O)C1CC2CCCCC2N1. The molecule has 1 amide bonds. The van der Waals surface area contributed by atoms with Crippen molar-refractivity contribution in [1.29, 1.82) is 0 Å². The highest BCUT2D eigenvalue weighted by molar-refractivity contribution is 5.82. The molecule has 2 aliphatic rings. The highest BCUT2D eigenvalue weighted by Gasteiger charge is 2.39. The van der Waals surface area contributed by atoms with Crippen LogP contribution >= 0.6 is 0 Å². The van der Waals surface area contributed by atoms with Gasteiger partial charge in [-0.25, -0.2) is 4.39 Å². The van der Waals surface area contributed by atoms with E-state index in [1.807, 2.05) is 0 Å². The number of hydrogen-bond donors (Lipinski definition) is 1. The smallest absolute Gasteiger partial charge is 0.239 e. The van der Waals surface area contributed by atoms with E-state index < -0.39 is 0 Å². The molecule has 1 saturated heterocycles. The van der Waals surface area contributed by atoms with Gasteiger partial charge < -0.3 is 15.0 Å². The van der Waals surface area contributed by atoms with E-state index >= 15 is 0 Å². The molecule has 0 aromatic heterocycles. The van der Waals surface area contributed by atoms with E-state index in [0.717, 1.165) is 6.42 Å². The molecule has 1 N–H and O–H groups in total. The van der Waals surface area contributed by atoms with E-state index in [2.05, 4.69) is 5.32 Å². The van der Waals surface area contributed by atoms with Gasteiger partial charge in [0.15, 0.2) is 11.6 Å². The Labute approximate surface area is 137 Å². The maximum absolute atomic E-state index is 13.5. The molecule has 23 heavy (non-hydrogen) atoms. The maximum atomic E-state index is 13.5. The van der Waals surface area contributed by atoms with E-state index in [1.54, 1.807) is 30.1 Å². The van der Waals surface area contributed by atoms with Crippen LogP contribution in [0.25, 0.3) is 0 Å². The zero-order valence-electron chi connectivity index (χ0n) is 13.6. The first kappa shape index (κ1) is 16.2. The minimum absolute atomic E-state index is 0.0680. The number of para-hydroxylation sites is 1. The predicted octanol–water partition coefficient (Wildman–Crippen LogP) is 2.58. The van der Waals surface area contributed by atoms with Gasteiger partial charge in [0.2, 0.25) is 5.91 Å². The second kappa shape index (κ2) is 7.30. The van der Waals surface area contributed by atoms with Gasteiger partial charge in [0.05, 0.1) is 12.6 Å². The molecule has 2 fully saturated rings. The Morgan fingerprint density at radius 1 is 1.35 bits per heavy atom. The summed E-state index contributed by atoms with van der Waals surface area (Å²) in [5.41, 5.74) is 0. The van der Waals surface area contributed by atoms with Crippen LogP contribution in [-0.2, 0) is 4.79 Å². The number of benzene rings is 1. The van der Waals surface area contributed by atoms with Crippen LogP contribution in [0.1, 0.15) is 32.1 Å². The van der Waals surface area contributed by atoms with Crippen molar-refractivity contribution in [2.45, 2.75) is 44.2 Å². The monoisotopic (exact) mass is 320 g/mol. The lowest BCUT2D eigenvalue weighted by Gasteiger charge is -2.24. The second-order valence-electron chi connectivity index (χ2n) is 6.64. The van der Waals surface area contributed by atoms with Crippen molar-refractivity contribution >= 4 is 5.91 Å². The van der Waals surface area contributed by atoms with Crippen molar-refractivity contribution in [3.63, 3.8) is 0 Å². The van der Waals surface area contributed by atoms with Crippen LogP contribution in [0.5, 0.6) is 5.75 Å². The maximum Gasteiger partial charge on any atom is 0.239 e. The van der Waals surface area contributed by atoms with Crippen LogP contribution in [0.15, 0.2) is 24.3 Å². The first-order chi connectivity index (χ1) is 11.1. The van der Waals surface area contributed by atoms with E-state index in [4.69, 9.17) is 4.74 Å². The molecule has 3 atom stereocenters. The molecular weight excluding hydrogens is 295 g/mol. The van der Waals surface area contributed by atoms with Gasteiger partial charge in [-0.1, -0.05) is 25.0 Å². The summed E-state index contributed by atoms with van der Waals surface area (Å²) in [4.78, 5) is 14.2. The number of carbonyl (C=O) groups is 1. The van der Waals surface area contributed by atoms with Crippen LogP contribution in [0, 0.1) is 11.7 Å². The van der Waals surface area contributed by atoms with Crippen LogP contribution < -0.4 is 10.1 Å². The minimum atomic E-state index is -0.372. The lowest BCUT2D eigenvalue weighted by atomic mass is 9.85. The Hall–Kier alpha value is -1.62. The van der Waals surface area contributed by atoms with Crippen LogP contribution in [-0.4, -0.2) is 43.1 Å². The van der Waals surface area contributed by atoms with Crippen molar-refractivity contribution in [2.75, 3.05) is 20.2 Å². The lowest BCUT2D eigenvalue weighted by Crippen LogP contribution is -2.45. The summed E-state index contributed by atoms with van der Waals surface area (Å²) in [5.74, 6) is 0.638. The third kappa shape index (κ3) is 3.83. The normalized spacial score (nSPS) is 26.6. The van der Waals surface area contributed by atoms with Crippen molar-refractivity contribution in [3.8, 4) is 5.75 Å². The van der Waals surface area contributed by atoms with Gasteiger partial charge in [-0.3, -0.25) is 4.79 Å². The van der Waals surface area contributed by atoms with Crippen molar-refractivity contribution in [1.82, 2.24) is 10.2 Å². The molecule has 1 aromatic carbocycles. The number of rotatable bonds is 5. The van der Waals surface area contributed by atoms with Crippen LogP contribution in [0.4, 0.5) is 4.39 Å². The highest BCUT2D eigenvalue weighted by Crippen LogP contribution is 2.33. The molecule has 0 radical (unpaired) electrons. The summed E-state index contributed by atoms with van der Waals surface area (Å²) < 4.78 is 18.9. The fourth-order valence-electron chi connectivity index (χ4n) is 3.74. The zero-order valence-corrected chi connectivity index (χ0v) is 13.6. The molecule has 0 bridgehead atoms. The predicted molar refractivity (Wildman–Crippen MR) is 86.8 cm³/mol. The third-order valence-corrected chi connectivity index (χ3v) is 5.06. The Morgan fingerprint density at radius 3 is 2.91 bits per heavy atom. The number of carbonyl (C=O) groups excluding carboxylic acids is 1. The Balaban J connectivity index is 1.46. The quantitative estimate of drug-likeness (QED) is 0.907. The highest BCUT2D eigenvalue weighted by atomic mass is 19.1. The summed E-state index contributed by atoms with van der Waals surface area (Å²) in [5, 5.41) is 3.50. The topological polar surface area (TPSA) is 41.6 Å². The molecule has 1 saturated carbocycles. The number of fused-ring (bicyclic) bond motifs is 1. The van der Waals surface area contributed by atoms with Crippen LogP contribution in [0.2, 0.25) is 0 Å². The van der Waals surface area contributed by atoms with Gasteiger partial charge in [0.25, 0.3) is 0 Å². The van der Waals surface area contributed by atoms with E-state index in [9.17, 15) is 9.18 Å². The molecule has 0 spiro atoms. The first-order valence-corrected chi connectivity index (χ1v) is 8.53. The zero-order chi connectivity index (χ0) is 16.2. The van der Waals surface area contributed by atoms with E-state index in [1.165, 1.54) is 31.7 Å².